The maximum Gasteiger partial charge on any atom is 0.203 e. The molecule has 1 heterocycles. The molecule has 0 radical (unpaired) electrons. The highest BCUT2D eigenvalue weighted by Gasteiger charge is 2.28. The molecule has 7 heteroatoms. The fourth-order valence-corrected chi connectivity index (χ4v) is 3.72. The van der Waals surface area contributed by atoms with Crippen molar-refractivity contribution in [1.82, 2.24) is 0 Å². The monoisotopic (exact) mass is 375 g/mol. The first-order valence-electron chi connectivity index (χ1n) is 7.88. The Bertz CT molecular complexity index is 826. The first-order chi connectivity index (χ1) is 12.6. The Morgan fingerprint density at radius 1 is 1.08 bits per heavy atom. The maximum atomic E-state index is 13.1. The summed E-state index contributed by atoms with van der Waals surface area (Å²) in [5.74, 6) is 1.37. The van der Waals surface area contributed by atoms with Crippen LogP contribution < -0.4 is 14.2 Å². The number of thioether (sulfide) groups is 1. The van der Waals surface area contributed by atoms with E-state index in [0.717, 1.165) is 10.6 Å². The Labute approximate surface area is 155 Å². The number of hydrogen-bond donors (Lipinski definition) is 0. The lowest BCUT2D eigenvalue weighted by atomic mass is 10.0. The fourth-order valence-electron chi connectivity index (χ4n) is 2.67. The molecule has 1 unspecified atom stereocenters. The summed E-state index contributed by atoms with van der Waals surface area (Å²) in [4.78, 5) is 17.4. The van der Waals surface area contributed by atoms with Gasteiger partial charge in [0.15, 0.2) is 17.3 Å². The first kappa shape index (κ1) is 18.3. The highest BCUT2D eigenvalue weighted by atomic mass is 32.2. The molecular weight excluding hydrogens is 357 g/mol. The molecule has 0 saturated heterocycles. The van der Waals surface area contributed by atoms with Gasteiger partial charge in [-0.1, -0.05) is 0 Å². The molecule has 2 aromatic rings. The molecule has 0 N–H and O–H groups in total. The van der Waals surface area contributed by atoms with Gasteiger partial charge in [0.1, 0.15) is 11.9 Å². The lowest BCUT2D eigenvalue weighted by Gasteiger charge is -2.14. The van der Waals surface area contributed by atoms with Crippen LogP contribution in [0.2, 0.25) is 0 Å². The van der Waals surface area contributed by atoms with Crippen molar-refractivity contribution in [3.05, 3.63) is 53.3 Å². The smallest absolute Gasteiger partial charge is 0.203 e. The number of ether oxygens (including phenoxy) is 3. The predicted molar refractivity (Wildman–Crippen MR) is 99.6 cm³/mol. The van der Waals surface area contributed by atoms with Crippen LogP contribution >= 0.6 is 11.8 Å². The molecule has 26 heavy (non-hydrogen) atoms. The number of methoxy groups -OCH3 is 3. The van der Waals surface area contributed by atoms with Crippen LogP contribution in [0, 0.1) is 5.82 Å². The van der Waals surface area contributed by atoms with E-state index in [-0.39, 0.29) is 11.6 Å². The Balaban J connectivity index is 1.89. The summed E-state index contributed by atoms with van der Waals surface area (Å²) >= 11 is 1.48. The molecule has 0 aromatic heterocycles. The Hall–Kier alpha value is -2.54. The molecule has 3 rings (SSSR count). The highest BCUT2D eigenvalue weighted by molar-refractivity contribution is 8.14. The van der Waals surface area contributed by atoms with Crippen molar-refractivity contribution in [2.75, 3.05) is 27.1 Å². The standard InChI is InChI=1S/C19H18FNO4S/c1-23-15-8-12(9-16(24-2)18(15)25-3)17(22)14-10-26-19(21-14)11-4-6-13(20)7-5-11/h4-9,14H,10H2,1-3H3. The maximum absolute atomic E-state index is 13.1. The second kappa shape index (κ2) is 7.78. The SMILES string of the molecule is COc1cc(C(=O)C2CSC(c3ccc(F)cc3)=N2)cc(OC)c1OC. The van der Waals surface area contributed by atoms with E-state index in [1.807, 2.05) is 0 Å². The minimum atomic E-state index is -0.511. The minimum absolute atomic E-state index is 0.131. The van der Waals surface area contributed by atoms with E-state index < -0.39 is 6.04 Å². The first-order valence-corrected chi connectivity index (χ1v) is 8.86. The van der Waals surface area contributed by atoms with Crippen LogP contribution in [0.1, 0.15) is 15.9 Å². The zero-order valence-corrected chi connectivity index (χ0v) is 15.4. The molecule has 1 atom stereocenters. The van der Waals surface area contributed by atoms with E-state index >= 15 is 0 Å². The van der Waals surface area contributed by atoms with Crippen molar-refractivity contribution in [2.45, 2.75) is 6.04 Å². The van der Waals surface area contributed by atoms with Crippen LogP contribution in [0.5, 0.6) is 17.2 Å². The van der Waals surface area contributed by atoms with Crippen molar-refractivity contribution < 1.29 is 23.4 Å². The second-order valence-electron chi connectivity index (χ2n) is 5.55. The molecule has 0 saturated carbocycles. The van der Waals surface area contributed by atoms with Crippen LogP contribution in [0.15, 0.2) is 41.4 Å². The van der Waals surface area contributed by atoms with E-state index in [1.165, 1.54) is 45.2 Å². The number of aliphatic imine (C=N–C) groups is 1. The summed E-state index contributed by atoms with van der Waals surface area (Å²) in [6.07, 6.45) is 0. The normalized spacial score (nSPS) is 16.2. The summed E-state index contributed by atoms with van der Waals surface area (Å²) in [6, 6.07) is 8.82. The zero-order chi connectivity index (χ0) is 18.7. The van der Waals surface area contributed by atoms with Gasteiger partial charge >= 0.3 is 0 Å². The molecule has 2 aromatic carbocycles. The Morgan fingerprint density at radius 2 is 1.69 bits per heavy atom. The van der Waals surface area contributed by atoms with Crippen LogP contribution in [0.3, 0.4) is 0 Å². The quantitative estimate of drug-likeness (QED) is 0.722. The molecular formula is C19H18FNO4S. The number of halogens is 1. The van der Waals surface area contributed by atoms with E-state index in [0.29, 0.717) is 28.6 Å². The van der Waals surface area contributed by atoms with Crippen molar-refractivity contribution in [3.63, 3.8) is 0 Å². The van der Waals surface area contributed by atoms with E-state index in [1.54, 1.807) is 24.3 Å². The van der Waals surface area contributed by atoms with E-state index in [2.05, 4.69) is 4.99 Å². The summed E-state index contributed by atoms with van der Waals surface area (Å²) in [5.41, 5.74) is 1.24. The third-order valence-corrected chi connectivity index (χ3v) is 5.09. The van der Waals surface area contributed by atoms with Crippen LogP contribution in [0.25, 0.3) is 0 Å². The van der Waals surface area contributed by atoms with Crippen molar-refractivity contribution >= 4 is 22.6 Å². The predicted octanol–water partition coefficient (Wildman–Crippen LogP) is 3.60. The van der Waals surface area contributed by atoms with Crippen molar-refractivity contribution in [2.24, 2.45) is 4.99 Å². The molecule has 5 nitrogen and oxygen atoms in total. The molecule has 1 aliphatic rings. The molecule has 0 fully saturated rings. The lowest BCUT2D eigenvalue weighted by Crippen LogP contribution is -2.19. The molecule has 0 amide bonds. The summed E-state index contributed by atoms with van der Waals surface area (Å²) in [5, 5.41) is 0.732. The molecule has 0 spiro atoms. The van der Waals surface area contributed by atoms with Gasteiger partial charge < -0.3 is 14.2 Å². The van der Waals surface area contributed by atoms with Gasteiger partial charge in [0.25, 0.3) is 0 Å². The van der Waals surface area contributed by atoms with E-state index in [9.17, 15) is 9.18 Å². The topological polar surface area (TPSA) is 57.1 Å². The number of carbonyl (C=O) groups is 1. The van der Waals surface area contributed by atoms with Crippen LogP contribution in [-0.2, 0) is 0 Å². The summed E-state index contributed by atoms with van der Waals surface area (Å²) in [7, 11) is 4.51. The summed E-state index contributed by atoms with van der Waals surface area (Å²) < 4.78 is 28.9. The molecule has 136 valence electrons. The number of carbonyl (C=O) groups excluding carboxylic acids is 1. The van der Waals surface area contributed by atoms with Crippen LogP contribution in [-0.4, -0.2) is 44.0 Å². The fraction of sp³-hybridized carbons (Fsp3) is 0.263. The zero-order valence-electron chi connectivity index (χ0n) is 14.6. The average molecular weight is 375 g/mol. The van der Waals surface area contributed by atoms with Gasteiger partial charge in [-0.2, -0.15) is 0 Å². The number of nitrogens with zero attached hydrogens (tertiary/aromatic N) is 1. The molecule has 0 aliphatic carbocycles. The number of rotatable bonds is 6. The number of hydrogen-bond acceptors (Lipinski definition) is 6. The number of Topliss-reactive ketones (excluding diaryl/α,β-unsaturated/α-hetero) is 1. The Morgan fingerprint density at radius 3 is 2.23 bits per heavy atom. The highest BCUT2D eigenvalue weighted by Crippen LogP contribution is 2.39. The Kier molecular flexibility index (Phi) is 5.46. The summed E-state index contributed by atoms with van der Waals surface area (Å²) in [6.45, 7) is 0. The van der Waals surface area contributed by atoms with Crippen LogP contribution in [0.4, 0.5) is 4.39 Å². The lowest BCUT2D eigenvalue weighted by molar-refractivity contribution is 0.0971. The molecule has 0 bridgehead atoms. The molecule has 1 aliphatic heterocycles. The second-order valence-corrected chi connectivity index (χ2v) is 6.55. The minimum Gasteiger partial charge on any atom is -0.493 e. The largest absolute Gasteiger partial charge is 0.493 e. The van der Waals surface area contributed by atoms with Gasteiger partial charge in [0.2, 0.25) is 5.75 Å². The van der Waals surface area contributed by atoms with Gasteiger partial charge in [-0.3, -0.25) is 9.79 Å². The van der Waals surface area contributed by atoms with Gasteiger partial charge in [0.05, 0.1) is 26.4 Å². The van der Waals surface area contributed by atoms with Gasteiger partial charge in [-0.25, -0.2) is 4.39 Å². The average Bonchev–Trinajstić information content (AvgIpc) is 3.16. The van der Waals surface area contributed by atoms with Gasteiger partial charge in [0, 0.05) is 16.9 Å². The third kappa shape index (κ3) is 3.53. The number of benzene rings is 2. The number of ketones is 1. The van der Waals surface area contributed by atoms with Crippen molar-refractivity contribution in [1.29, 1.82) is 0 Å². The van der Waals surface area contributed by atoms with E-state index in [4.69, 9.17) is 14.2 Å². The van der Waals surface area contributed by atoms with Gasteiger partial charge in [-0.15, -0.1) is 11.8 Å². The third-order valence-electron chi connectivity index (χ3n) is 3.99. The van der Waals surface area contributed by atoms with Crippen molar-refractivity contribution in [3.8, 4) is 17.2 Å². The van der Waals surface area contributed by atoms with Gasteiger partial charge in [-0.05, 0) is 36.4 Å².